The van der Waals surface area contributed by atoms with Gasteiger partial charge in [-0.2, -0.15) is 5.26 Å². The number of nitriles is 1. The Morgan fingerprint density at radius 3 is 3.11 bits per heavy atom. The molecule has 1 fully saturated rings. The van der Waals surface area contributed by atoms with Crippen LogP contribution in [0.2, 0.25) is 0 Å². The highest BCUT2D eigenvalue weighted by atomic mass is 16.5. The molecule has 0 aromatic carbocycles. The lowest BCUT2D eigenvalue weighted by atomic mass is 10.2. The Balaban J connectivity index is 2.04. The van der Waals surface area contributed by atoms with Crippen molar-refractivity contribution in [2.24, 2.45) is 0 Å². The maximum Gasteiger partial charge on any atom is 0.161 e. The molecule has 2 atom stereocenters. The average molecular weight is 260 g/mol. The van der Waals surface area contributed by atoms with Crippen LogP contribution >= 0.6 is 0 Å². The molecule has 1 saturated heterocycles. The number of hydrogen-bond acceptors (Lipinski definition) is 5. The number of pyridine rings is 1. The molecule has 5 nitrogen and oxygen atoms in total. The van der Waals surface area contributed by atoms with Crippen LogP contribution in [-0.2, 0) is 4.74 Å². The Hall–Kier alpha value is -1.64. The first-order valence-electron chi connectivity index (χ1n) is 6.70. The molecule has 1 aliphatic rings. The number of anilines is 1. The fraction of sp³-hybridized carbons (Fsp3) is 0.571. The SMILES string of the molecule is CCNC(C)c1ccc(N2CCOC(C#N)C2)cn1. The molecule has 0 radical (unpaired) electrons. The van der Waals surface area contributed by atoms with E-state index in [9.17, 15) is 0 Å². The van der Waals surface area contributed by atoms with Crippen LogP contribution in [0.5, 0.6) is 0 Å². The summed E-state index contributed by atoms with van der Waals surface area (Å²) < 4.78 is 5.34. The molecule has 102 valence electrons. The van der Waals surface area contributed by atoms with Gasteiger partial charge in [0.1, 0.15) is 0 Å². The van der Waals surface area contributed by atoms with E-state index in [1.54, 1.807) is 0 Å². The predicted molar refractivity (Wildman–Crippen MR) is 73.9 cm³/mol. The summed E-state index contributed by atoms with van der Waals surface area (Å²) in [6, 6.07) is 6.52. The van der Waals surface area contributed by atoms with Gasteiger partial charge in [-0.15, -0.1) is 0 Å². The number of nitrogens with one attached hydrogen (secondary N) is 1. The van der Waals surface area contributed by atoms with Gasteiger partial charge >= 0.3 is 0 Å². The maximum absolute atomic E-state index is 8.91. The van der Waals surface area contributed by atoms with E-state index in [2.05, 4.69) is 41.2 Å². The van der Waals surface area contributed by atoms with Gasteiger partial charge in [0.15, 0.2) is 6.10 Å². The fourth-order valence-corrected chi connectivity index (χ4v) is 2.21. The zero-order valence-corrected chi connectivity index (χ0v) is 11.5. The number of rotatable bonds is 4. The third-order valence-electron chi connectivity index (χ3n) is 3.30. The van der Waals surface area contributed by atoms with Gasteiger partial charge in [-0.05, 0) is 25.6 Å². The molecule has 0 aliphatic carbocycles. The molecule has 1 aromatic heterocycles. The van der Waals surface area contributed by atoms with Crippen molar-refractivity contribution in [3.8, 4) is 6.07 Å². The molecule has 0 bridgehead atoms. The standard InChI is InChI=1S/C14H20N4O/c1-3-16-11(2)14-5-4-12(9-17-14)18-6-7-19-13(8-15)10-18/h4-5,9,11,13,16H,3,6-7,10H2,1-2H3. The van der Waals surface area contributed by atoms with Crippen molar-refractivity contribution in [2.75, 3.05) is 31.1 Å². The number of nitrogens with zero attached hydrogens (tertiary/aromatic N) is 3. The van der Waals surface area contributed by atoms with Crippen molar-refractivity contribution >= 4 is 5.69 Å². The molecule has 19 heavy (non-hydrogen) atoms. The second-order valence-corrected chi connectivity index (χ2v) is 4.66. The molecule has 1 aromatic rings. The largest absolute Gasteiger partial charge is 0.364 e. The van der Waals surface area contributed by atoms with E-state index in [1.807, 2.05) is 12.3 Å². The summed E-state index contributed by atoms with van der Waals surface area (Å²) in [5.74, 6) is 0. The first-order chi connectivity index (χ1) is 9.24. The molecule has 5 heteroatoms. The highest BCUT2D eigenvalue weighted by molar-refractivity contribution is 5.45. The number of aromatic nitrogens is 1. The molecule has 0 amide bonds. The summed E-state index contributed by atoms with van der Waals surface area (Å²) in [7, 11) is 0. The van der Waals surface area contributed by atoms with Crippen LogP contribution in [-0.4, -0.2) is 37.3 Å². The van der Waals surface area contributed by atoms with Gasteiger partial charge < -0.3 is 15.0 Å². The molecule has 1 aliphatic heterocycles. The first-order valence-corrected chi connectivity index (χ1v) is 6.70. The van der Waals surface area contributed by atoms with E-state index in [-0.39, 0.29) is 12.1 Å². The fourth-order valence-electron chi connectivity index (χ4n) is 2.21. The molecule has 0 saturated carbocycles. The van der Waals surface area contributed by atoms with Crippen molar-refractivity contribution in [2.45, 2.75) is 26.0 Å². The summed E-state index contributed by atoms with van der Waals surface area (Å²) in [6.07, 6.45) is 1.54. The van der Waals surface area contributed by atoms with Crippen LogP contribution < -0.4 is 10.2 Å². The minimum absolute atomic E-state index is 0.260. The van der Waals surface area contributed by atoms with Crippen LogP contribution in [0.15, 0.2) is 18.3 Å². The molecular weight excluding hydrogens is 240 g/mol. The summed E-state index contributed by atoms with van der Waals surface area (Å²) in [4.78, 5) is 6.64. The summed E-state index contributed by atoms with van der Waals surface area (Å²) in [5, 5.41) is 12.2. The molecule has 1 N–H and O–H groups in total. The lowest BCUT2D eigenvalue weighted by Crippen LogP contribution is -2.41. The van der Waals surface area contributed by atoms with Gasteiger partial charge in [0, 0.05) is 12.6 Å². The molecule has 2 rings (SSSR count). The van der Waals surface area contributed by atoms with Crippen LogP contribution in [0.1, 0.15) is 25.6 Å². The van der Waals surface area contributed by atoms with E-state index in [4.69, 9.17) is 10.00 Å². The lowest BCUT2D eigenvalue weighted by molar-refractivity contribution is 0.0764. The minimum Gasteiger partial charge on any atom is -0.364 e. The van der Waals surface area contributed by atoms with Crippen molar-refractivity contribution < 1.29 is 4.74 Å². The number of ether oxygens (including phenoxy) is 1. The minimum atomic E-state index is -0.339. The Kier molecular flexibility index (Phi) is 4.72. The Morgan fingerprint density at radius 1 is 1.63 bits per heavy atom. The van der Waals surface area contributed by atoms with Crippen LogP contribution in [0.25, 0.3) is 0 Å². The van der Waals surface area contributed by atoms with E-state index in [0.29, 0.717) is 13.2 Å². The summed E-state index contributed by atoms with van der Waals surface area (Å²) >= 11 is 0. The summed E-state index contributed by atoms with van der Waals surface area (Å²) in [6.45, 7) is 7.13. The van der Waals surface area contributed by atoms with Crippen LogP contribution in [0, 0.1) is 11.3 Å². The van der Waals surface area contributed by atoms with Crippen molar-refractivity contribution in [1.29, 1.82) is 5.26 Å². The van der Waals surface area contributed by atoms with Gasteiger partial charge in [0.2, 0.25) is 0 Å². The third kappa shape index (κ3) is 3.43. The topological polar surface area (TPSA) is 61.2 Å². The highest BCUT2D eigenvalue weighted by Crippen LogP contribution is 2.18. The Morgan fingerprint density at radius 2 is 2.47 bits per heavy atom. The van der Waals surface area contributed by atoms with E-state index in [0.717, 1.165) is 24.5 Å². The zero-order chi connectivity index (χ0) is 13.7. The maximum atomic E-state index is 8.91. The highest BCUT2D eigenvalue weighted by Gasteiger charge is 2.20. The lowest BCUT2D eigenvalue weighted by Gasteiger charge is -2.31. The molecular formula is C14H20N4O. The second kappa shape index (κ2) is 6.50. The zero-order valence-electron chi connectivity index (χ0n) is 11.5. The van der Waals surface area contributed by atoms with Crippen molar-refractivity contribution in [3.63, 3.8) is 0 Å². The van der Waals surface area contributed by atoms with E-state index >= 15 is 0 Å². The second-order valence-electron chi connectivity index (χ2n) is 4.66. The van der Waals surface area contributed by atoms with E-state index < -0.39 is 0 Å². The smallest absolute Gasteiger partial charge is 0.161 e. The molecule has 0 spiro atoms. The number of morpholine rings is 1. The van der Waals surface area contributed by atoms with Gasteiger partial charge in [-0.3, -0.25) is 4.98 Å². The monoisotopic (exact) mass is 260 g/mol. The van der Waals surface area contributed by atoms with Gasteiger partial charge in [0.25, 0.3) is 0 Å². The summed E-state index contributed by atoms with van der Waals surface area (Å²) in [5.41, 5.74) is 2.09. The quantitative estimate of drug-likeness (QED) is 0.888. The predicted octanol–water partition coefficient (Wildman–Crippen LogP) is 1.48. The van der Waals surface area contributed by atoms with Gasteiger partial charge in [-0.25, -0.2) is 0 Å². The van der Waals surface area contributed by atoms with Gasteiger partial charge in [-0.1, -0.05) is 6.92 Å². The Bertz CT molecular complexity index is 440. The third-order valence-corrected chi connectivity index (χ3v) is 3.30. The first kappa shape index (κ1) is 13.8. The average Bonchev–Trinajstić information content (AvgIpc) is 2.48. The van der Waals surface area contributed by atoms with Crippen molar-refractivity contribution in [1.82, 2.24) is 10.3 Å². The molecule has 2 unspecified atom stereocenters. The Labute approximate surface area is 114 Å². The van der Waals surface area contributed by atoms with E-state index in [1.165, 1.54) is 0 Å². The molecule has 2 heterocycles. The van der Waals surface area contributed by atoms with Crippen LogP contribution in [0.4, 0.5) is 5.69 Å². The normalized spacial score (nSPS) is 20.9. The van der Waals surface area contributed by atoms with Crippen molar-refractivity contribution in [3.05, 3.63) is 24.0 Å². The number of hydrogen-bond donors (Lipinski definition) is 1. The van der Waals surface area contributed by atoms with Gasteiger partial charge in [0.05, 0.1) is 36.8 Å². The van der Waals surface area contributed by atoms with Crippen LogP contribution in [0.3, 0.4) is 0 Å².